The third-order valence-electron chi connectivity index (χ3n) is 9.03. The molecule has 1 aliphatic heterocycles. The van der Waals surface area contributed by atoms with Crippen molar-refractivity contribution in [3.05, 3.63) is 56.6 Å². The Balaban J connectivity index is 1.89. The molecular formula is C34H54N2O2. The highest BCUT2D eigenvalue weighted by Gasteiger charge is 2.36. The number of aryl methyl sites for hydroxylation is 2. The zero-order valence-electron chi connectivity index (χ0n) is 26.3. The van der Waals surface area contributed by atoms with Crippen molar-refractivity contribution in [1.29, 1.82) is 0 Å². The van der Waals surface area contributed by atoms with Crippen LogP contribution in [0, 0.1) is 27.7 Å². The summed E-state index contributed by atoms with van der Waals surface area (Å²) in [5.41, 5.74) is 9.04. The quantitative estimate of drug-likeness (QED) is 0.406. The maximum atomic E-state index is 11.1. The second-order valence-corrected chi connectivity index (χ2v) is 13.8. The number of benzene rings is 2. The van der Waals surface area contributed by atoms with Gasteiger partial charge in [0.05, 0.1) is 0 Å². The monoisotopic (exact) mass is 522 g/mol. The standard InChI is InChI=1S/C34H54N2O2/c1-13-29-30(14-2)36(20-26-22(4)18-28(34(10,11)12)32(38)24(26)6)16-15-35(29)19-25-21(3)17-27(33(7,8)9)31(37)23(25)5/h17-18,29-30,37-38H,13-16,19-20H2,1-12H3. The van der Waals surface area contributed by atoms with E-state index in [9.17, 15) is 10.2 Å². The molecule has 0 spiro atoms. The molecule has 1 aliphatic rings. The summed E-state index contributed by atoms with van der Waals surface area (Å²) in [4.78, 5) is 5.30. The first-order chi connectivity index (χ1) is 17.5. The van der Waals surface area contributed by atoms with Crippen molar-refractivity contribution in [1.82, 2.24) is 9.80 Å². The first-order valence-corrected chi connectivity index (χ1v) is 14.7. The number of aromatic hydroxyl groups is 2. The van der Waals surface area contributed by atoms with Crippen LogP contribution in [0.5, 0.6) is 11.5 Å². The molecule has 212 valence electrons. The Morgan fingerprint density at radius 1 is 0.658 bits per heavy atom. The van der Waals surface area contributed by atoms with Gasteiger partial charge in [-0.15, -0.1) is 0 Å². The SMILES string of the molecule is CCC1C(CC)N(Cc2c(C)cc(C(C)(C)C)c(O)c2C)CCN1Cc1c(C)cc(C(C)(C)C)c(O)c1C. The molecule has 0 bridgehead atoms. The van der Waals surface area contributed by atoms with Crippen LogP contribution in [0.15, 0.2) is 12.1 Å². The van der Waals surface area contributed by atoms with E-state index in [4.69, 9.17) is 0 Å². The van der Waals surface area contributed by atoms with Gasteiger partial charge in [0.2, 0.25) is 0 Å². The lowest BCUT2D eigenvalue weighted by Gasteiger charge is -2.48. The van der Waals surface area contributed by atoms with Crippen LogP contribution >= 0.6 is 0 Å². The highest BCUT2D eigenvalue weighted by molar-refractivity contribution is 5.52. The van der Waals surface area contributed by atoms with Gasteiger partial charge in [-0.05, 0) is 95.9 Å². The predicted molar refractivity (Wildman–Crippen MR) is 162 cm³/mol. The fourth-order valence-corrected chi connectivity index (χ4v) is 6.59. The molecule has 2 aromatic rings. The number of phenols is 2. The summed E-state index contributed by atoms with van der Waals surface area (Å²) in [6, 6.07) is 5.29. The molecule has 1 fully saturated rings. The van der Waals surface area contributed by atoms with Gasteiger partial charge in [-0.2, -0.15) is 0 Å². The summed E-state index contributed by atoms with van der Waals surface area (Å²) in [7, 11) is 0. The minimum atomic E-state index is -0.0845. The largest absolute Gasteiger partial charge is 0.507 e. The van der Waals surface area contributed by atoms with E-state index in [0.29, 0.717) is 23.6 Å². The van der Waals surface area contributed by atoms with Gasteiger partial charge in [0.25, 0.3) is 0 Å². The van der Waals surface area contributed by atoms with Crippen LogP contribution in [0.25, 0.3) is 0 Å². The molecule has 0 aliphatic carbocycles. The van der Waals surface area contributed by atoms with E-state index in [1.54, 1.807) is 0 Å². The van der Waals surface area contributed by atoms with E-state index in [1.165, 1.54) is 22.3 Å². The maximum Gasteiger partial charge on any atom is 0.122 e. The Bertz CT molecular complexity index is 1060. The predicted octanol–water partition coefficient (Wildman–Crippen LogP) is 7.80. The van der Waals surface area contributed by atoms with E-state index in [-0.39, 0.29) is 10.8 Å². The number of hydrogen-bond donors (Lipinski definition) is 2. The third-order valence-corrected chi connectivity index (χ3v) is 9.03. The van der Waals surface area contributed by atoms with Crippen molar-refractivity contribution in [3.63, 3.8) is 0 Å². The number of piperazine rings is 1. The van der Waals surface area contributed by atoms with E-state index in [0.717, 1.165) is 61.3 Å². The Morgan fingerprint density at radius 2 is 0.974 bits per heavy atom. The first-order valence-electron chi connectivity index (χ1n) is 14.7. The minimum absolute atomic E-state index is 0.0845. The average Bonchev–Trinajstić information content (AvgIpc) is 2.82. The van der Waals surface area contributed by atoms with Gasteiger partial charge in [-0.3, -0.25) is 9.80 Å². The normalized spacial score (nSPS) is 19.8. The zero-order valence-corrected chi connectivity index (χ0v) is 26.3. The van der Waals surface area contributed by atoms with Crippen molar-refractivity contribution in [2.75, 3.05) is 13.1 Å². The minimum Gasteiger partial charge on any atom is -0.507 e. The van der Waals surface area contributed by atoms with Crippen molar-refractivity contribution >= 4 is 0 Å². The number of rotatable bonds is 6. The summed E-state index contributed by atoms with van der Waals surface area (Å²) in [5.74, 6) is 0.919. The van der Waals surface area contributed by atoms with Crippen LogP contribution in [-0.4, -0.2) is 45.2 Å². The summed E-state index contributed by atoms with van der Waals surface area (Å²) in [6.45, 7) is 29.9. The van der Waals surface area contributed by atoms with Crippen molar-refractivity contribution in [2.24, 2.45) is 0 Å². The molecule has 2 N–H and O–H groups in total. The number of hydrogen-bond acceptors (Lipinski definition) is 4. The smallest absolute Gasteiger partial charge is 0.122 e. The van der Waals surface area contributed by atoms with E-state index >= 15 is 0 Å². The Morgan fingerprint density at radius 3 is 1.24 bits per heavy atom. The highest BCUT2D eigenvalue weighted by atomic mass is 16.3. The fraction of sp³-hybridized carbons (Fsp3) is 0.647. The third kappa shape index (κ3) is 5.92. The van der Waals surface area contributed by atoms with Crippen molar-refractivity contribution < 1.29 is 10.2 Å². The van der Waals surface area contributed by atoms with Crippen molar-refractivity contribution in [2.45, 2.75) is 132 Å². The van der Waals surface area contributed by atoms with Crippen LogP contribution in [0.4, 0.5) is 0 Å². The van der Waals surface area contributed by atoms with Crippen LogP contribution in [0.1, 0.15) is 113 Å². The van der Waals surface area contributed by atoms with Gasteiger partial charge in [-0.25, -0.2) is 0 Å². The molecule has 1 saturated heterocycles. The van der Waals surface area contributed by atoms with Crippen LogP contribution in [0.3, 0.4) is 0 Å². The number of phenolic OH excluding ortho intramolecular Hbond substituents is 2. The Labute approximate surface area is 233 Å². The van der Waals surface area contributed by atoms with Gasteiger partial charge in [-0.1, -0.05) is 67.5 Å². The Hall–Kier alpha value is -2.04. The molecule has 2 atom stereocenters. The molecule has 1 heterocycles. The summed E-state index contributed by atoms with van der Waals surface area (Å²) in [6.07, 6.45) is 2.18. The average molecular weight is 523 g/mol. The molecule has 2 unspecified atom stereocenters. The molecule has 4 heteroatoms. The lowest BCUT2D eigenvalue weighted by molar-refractivity contribution is 0.00508. The van der Waals surface area contributed by atoms with Crippen LogP contribution < -0.4 is 0 Å². The zero-order chi connectivity index (χ0) is 28.7. The van der Waals surface area contributed by atoms with E-state index in [1.807, 2.05) is 0 Å². The molecule has 0 saturated carbocycles. The summed E-state index contributed by atoms with van der Waals surface area (Å²) < 4.78 is 0. The van der Waals surface area contributed by atoms with Crippen molar-refractivity contribution in [3.8, 4) is 11.5 Å². The van der Waals surface area contributed by atoms with Crippen LogP contribution in [-0.2, 0) is 23.9 Å². The van der Waals surface area contributed by atoms with E-state index in [2.05, 4.69) is 105 Å². The van der Waals surface area contributed by atoms with Gasteiger partial charge >= 0.3 is 0 Å². The highest BCUT2D eigenvalue weighted by Crippen LogP contribution is 2.39. The van der Waals surface area contributed by atoms with Gasteiger partial charge < -0.3 is 10.2 Å². The summed E-state index contributed by atoms with van der Waals surface area (Å²) >= 11 is 0. The lowest BCUT2D eigenvalue weighted by Crippen LogP contribution is -2.58. The van der Waals surface area contributed by atoms with Gasteiger partial charge in [0, 0.05) is 38.3 Å². The lowest BCUT2D eigenvalue weighted by atomic mass is 9.82. The Kier molecular flexibility index (Phi) is 9.00. The molecule has 38 heavy (non-hydrogen) atoms. The van der Waals surface area contributed by atoms with E-state index < -0.39 is 0 Å². The van der Waals surface area contributed by atoms with Gasteiger partial charge in [0.15, 0.2) is 0 Å². The molecule has 4 nitrogen and oxygen atoms in total. The fourth-order valence-electron chi connectivity index (χ4n) is 6.59. The topological polar surface area (TPSA) is 46.9 Å². The van der Waals surface area contributed by atoms with Crippen LogP contribution in [0.2, 0.25) is 0 Å². The second-order valence-electron chi connectivity index (χ2n) is 13.8. The molecule has 0 aromatic heterocycles. The second kappa shape index (κ2) is 11.2. The molecule has 0 radical (unpaired) electrons. The molecule has 0 amide bonds. The maximum absolute atomic E-state index is 11.1. The molecular weight excluding hydrogens is 468 g/mol. The van der Waals surface area contributed by atoms with Gasteiger partial charge in [0.1, 0.15) is 11.5 Å². The molecule has 2 aromatic carbocycles. The summed E-state index contributed by atoms with van der Waals surface area (Å²) in [5, 5.41) is 22.2. The first kappa shape index (κ1) is 30.5. The number of nitrogens with zero attached hydrogens (tertiary/aromatic N) is 2. The molecule has 3 rings (SSSR count).